The fourth-order valence-corrected chi connectivity index (χ4v) is 1.78. The van der Waals surface area contributed by atoms with Gasteiger partial charge in [-0.05, 0) is 15.9 Å². The quantitative estimate of drug-likeness (QED) is 0.566. The third kappa shape index (κ3) is 1.37. The molecular formula is C7H8BrN3O2. The van der Waals surface area contributed by atoms with Gasteiger partial charge in [-0.3, -0.25) is 0 Å². The van der Waals surface area contributed by atoms with Crippen LogP contribution in [0.2, 0.25) is 0 Å². The second kappa shape index (κ2) is 2.95. The summed E-state index contributed by atoms with van der Waals surface area (Å²) in [6, 6.07) is 0. The monoisotopic (exact) mass is 245 g/mol. The topological polar surface area (TPSA) is 64.6 Å². The van der Waals surface area contributed by atoms with E-state index in [4.69, 9.17) is 5.11 Å². The third-order valence-corrected chi connectivity index (χ3v) is 2.60. The molecule has 0 aromatic rings. The molecule has 0 aromatic heterocycles. The zero-order valence-corrected chi connectivity index (χ0v) is 8.21. The fraction of sp³-hybridized carbons (Fsp3) is 0.286. The number of hydrogen-bond donors (Lipinski definition) is 3. The van der Waals surface area contributed by atoms with Crippen LogP contribution in [-0.4, -0.2) is 28.7 Å². The molecule has 1 atom stereocenters. The first-order chi connectivity index (χ1) is 6.18. The van der Waals surface area contributed by atoms with E-state index >= 15 is 0 Å². The number of fused-ring (bicyclic) bond motifs is 1. The number of carboxylic acids is 1. The molecule has 0 aliphatic carbocycles. The molecule has 1 unspecified atom stereocenters. The van der Waals surface area contributed by atoms with Crippen LogP contribution in [-0.2, 0) is 4.79 Å². The molecule has 2 rings (SSSR count). The summed E-state index contributed by atoms with van der Waals surface area (Å²) in [4.78, 5) is 12.5. The largest absolute Gasteiger partial charge is 0.477 e. The molecule has 0 bridgehead atoms. The van der Waals surface area contributed by atoms with Gasteiger partial charge in [-0.2, -0.15) is 0 Å². The second-order valence-corrected chi connectivity index (χ2v) is 3.60. The minimum atomic E-state index is -0.939. The van der Waals surface area contributed by atoms with Crippen molar-refractivity contribution in [2.75, 3.05) is 6.54 Å². The lowest BCUT2D eigenvalue weighted by atomic mass is 10.3. The molecule has 0 spiro atoms. The van der Waals surface area contributed by atoms with E-state index in [0.29, 0.717) is 6.54 Å². The zero-order chi connectivity index (χ0) is 9.42. The van der Waals surface area contributed by atoms with Crippen molar-refractivity contribution < 1.29 is 9.90 Å². The molecule has 0 aromatic carbocycles. The van der Waals surface area contributed by atoms with Crippen LogP contribution in [0, 0.1) is 0 Å². The zero-order valence-electron chi connectivity index (χ0n) is 6.62. The molecule has 2 heterocycles. The number of hydrogen-bond acceptors (Lipinski definition) is 4. The van der Waals surface area contributed by atoms with Crippen molar-refractivity contribution in [3.8, 4) is 0 Å². The molecule has 0 amide bonds. The van der Waals surface area contributed by atoms with E-state index in [1.807, 2.05) is 4.90 Å². The summed E-state index contributed by atoms with van der Waals surface area (Å²) < 4.78 is 0.845. The third-order valence-electron chi connectivity index (χ3n) is 1.96. The average Bonchev–Trinajstić information content (AvgIpc) is 2.47. The summed E-state index contributed by atoms with van der Waals surface area (Å²) in [7, 11) is 0. The molecule has 6 heteroatoms. The minimum Gasteiger partial charge on any atom is -0.477 e. The molecule has 13 heavy (non-hydrogen) atoms. The molecule has 0 saturated carbocycles. The summed E-state index contributed by atoms with van der Waals surface area (Å²) >= 11 is 3.32. The van der Waals surface area contributed by atoms with Crippen molar-refractivity contribution in [2.24, 2.45) is 0 Å². The van der Waals surface area contributed by atoms with Gasteiger partial charge in [-0.15, -0.1) is 0 Å². The number of carboxylic acid groups (broad SMARTS) is 1. The van der Waals surface area contributed by atoms with Gasteiger partial charge in [0.25, 0.3) is 0 Å². The molecule has 3 N–H and O–H groups in total. The highest BCUT2D eigenvalue weighted by Gasteiger charge is 2.28. The number of rotatable bonds is 1. The molecule has 2 aliphatic heterocycles. The Morgan fingerprint density at radius 2 is 2.54 bits per heavy atom. The Hall–Kier alpha value is -1.17. The van der Waals surface area contributed by atoms with Gasteiger partial charge in [-0.1, -0.05) is 0 Å². The smallest absolute Gasteiger partial charge is 0.353 e. The number of nitrogens with zero attached hydrogens (tertiary/aromatic N) is 1. The number of halogens is 1. The van der Waals surface area contributed by atoms with Crippen LogP contribution in [0.4, 0.5) is 0 Å². The van der Waals surface area contributed by atoms with E-state index in [-0.39, 0.29) is 11.9 Å². The predicted octanol–water partition coefficient (Wildman–Crippen LogP) is -0.0593. The van der Waals surface area contributed by atoms with Gasteiger partial charge in [0.2, 0.25) is 0 Å². The maximum absolute atomic E-state index is 10.6. The Kier molecular flexibility index (Phi) is 1.91. The van der Waals surface area contributed by atoms with Crippen LogP contribution >= 0.6 is 15.9 Å². The van der Waals surface area contributed by atoms with E-state index in [2.05, 4.69) is 26.6 Å². The van der Waals surface area contributed by atoms with Gasteiger partial charge in [0.1, 0.15) is 16.5 Å². The van der Waals surface area contributed by atoms with Crippen molar-refractivity contribution in [1.82, 2.24) is 15.5 Å². The second-order valence-electron chi connectivity index (χ2n) is 2.79. The van der Waals surface area contributed by atoms with Gasteiger partial charge in [0.05, 0.1) is 6.54 Å². The fourth-order valence-electron chi connectivity index (χ4n) is 1.30. The van der Waals surface area contributed by atoms with E-state index < -0.39 is 5.97 Å². The Balaban J connectivity index is 2.24. The van der Waals surface area contributed by atoms with Gasteiger partial charge in [0, 0.05) is 12.4 Å². The Morgan fingerprint density at radius 3 is 3.23 bits per heavy atom. The van der Waals surface area contributed by atoms with Crippen LogP contribution in [0.15, 0.2) is 22.7 Å². The summed E-state index contributed by atoms with van der Waals surface area (Å²) in [6.07, 6.45) is 3.47. The van der Waals surface area contributed by atoms with E-state index in [9.17, 15) is 4.79 Å². The van der Waals surface area contributed by atoms with E-state index in [1.54, 1.807) is 12.4 Å². The van der Waals surface area contributed by atoms with Gasteiger partial charge in [-0.25, -0.2) is 4.79 Å². The first-order valence-electron chi connectivity index (χ1n) is 3.77. The predicted molar refractivity (Wildman–Crippen MR) is 49.5 cm³/mol. The van der Waals surface area contributed by atoms with Crippen LogP contribution in [0.1, 0.15) is 0 Å². The van der Waals surface area contributed by atoms with Gasteiger partial charge >= 0.3 is 5.97 Å². The summed E-state index contributed by atoms with van der Waals surface area (Å²) in [5, 5.41) is 14.6. The van der Waals surface area contributed by atoms with Crippen LogP contribution in [0.5, 0.6) is 0 Å². The van der Waals surface area contributed by atoms with Crippen LogP contribution in [0.3, 0.4) is 0 Å². The molecule has 5 nitrogen and oxygen atoms in total. The molecule has 2 aliphatic rings. The maximum atomic E-state index is 10.6. The number of carbonyl (C=O) groups is 1. The van der Waals surface area contributed by atoms with Crippen molar-refractivity contribution in [1.29, 1.82) is 0 Å². The SMILES string of the molecule is O=C(O)C1=CN2C(Br)=CNC2CN1. The highest BCUT2D eigenvalue weighted by molar-refractivity contribution is 9.11. The first kappa shape index (κ1) is 8.43. The Labute approximate surface area is 83.2 Å². The highest BCUT2D eigenvalue weighted by Crippen LogP contribution is 2.23. The van der Waals surface area contributed by atoms with Crippen molar-refractivity contribution in [3.63, 3.8) is 0 Å². The van der Waals surface area contributed by atoms with E-state index in [0.717, 1.165) is 4.61 Å². The summed E-state index contributed by atoms with van der Waals surface area (Å²) in [5.41, 5.74) is 0.213. The number of nitrogens with one attached hydrogen (secondary N) is 2. The molecule has 0 radical (unpaired) electrons. The standard InChI is InChI=1S/C7H8BrN3O2/c8-5-1-10-6-2-9-4(7(12)13)3-11(5)6/h1,3,6,9-10H,2H2,(H,12,13). The van der Waals surface area contributed by atoms with Gasteiger partial charge < -0.3 is 20.6 Å². The lowest BCUT2D eigenvalue weighted by molar-refractivity contribution is -0.133. The van der Waals surface area contributed by atoms with Crippen LogP contribution in [0.25, 0.3) is 0 Å². The highest BCUT2D eigenvalue weighted by atomic mass is 79.9. The van der Waals surface area contributed by atoms with Crippen LogP contribution < -0.4 is 10.6 Å². The summed E-state index contributed by atoms with van der Waals surface area (Å²) in [6.45, 7) is 0.573. The number of aliphatic carboxylic acids is 1. The first-order valence-corrected chi connectivity index (χ1v) is 4.57. The molecule has 70 valence electrons. The minimum absolute atomic E-state index is 0.109. The van der Waals surface area contributed by atoms with E-state index in [1.165, 1.54) is 0 Å². The van der Waals surface area contributed by atoms with Crippen molar-refractivity contribution in [3.05, 3.63) is 22.7 Å². The Bertz CT molecular complexity index is 313. The average molecular weight is 246 g/mol. The van der Waals surface area contributed by atoms with Crippen molar-refractivity contribution >= 4 is 21.9 Å². The normalized spacial score (nSPS) is 25.3. The molecule has 0 saturated heterocycles. The van der Waals surface area contributed by atoms with Gasteiger partial charge in [0.15, 0.2) is 0 Å². The molecule has 0 fully saturated rings. The Morgan fingerprint density at radius 1 is 1.77 bits per heavy atom. The van der Waals surface area contributed by atoms with Crippen molar-refractivity contribution in [2.45, 2.75) is 6.17 Å². The maximum Gasteiger partial charge on any atom is 0.353 e. The lowest BCUT2D eigenvalue weighted by Crippen LogP contribution is -2.47. The summed E-state index contributed by atoms with van der Waals surface area (Å²) in [5.74, 6) is -0.939. The molecular weight excluding hydrogens is 238 g/mol. The lowest BCUT2D eigenvalue weighted by Gasteiger charge is -2.29.